The van der Waals surface area contributed by atoms with Gasteiger partial charge in [-0.25, -0.2) is 4.98 Å². The average molecular weight is 281 g/mol. The molecule has 0 aromatic carbocycles. The summed E-state index contributed by atoms with van der Waals surface area (Å²) in [6.45, 7) is 0.281. The first-order chi connectivity index (χ1) is 10.3. The van der Waals surface area contributed by atoms with Gasteiger partial charge in [-0.05, 0) is 18.4 Å². The number of rotatable bonds is 2. The first-order valence-electron chi connectivity index (χ1n) is 6.63. The first-order valence-corrected chi connectivity index (χ1v) is 6.63. The van der Waals surface area contributed by atoms with Gasteiger partial charge in [0.05, 0.1) is 29.3 Å². The van der Waals surface area contributed by atoms with Crippen LogP contribution in [-0.4, -0.2) is 44.7 Å². The van der Waals surface area contributed by atoms with Gasteiger partial charge in [-0.2, -0.15) is 5.10 Å². The lowest BCUT2D eigenvalue weighted by molar-refractivity contribution is 0.0667. The average Bonchev–Trinajstić information content (AvgIpc) is 3.07. The van der Waals surface area contributed by atoms with Crippen LogP contribution in [0.5, 0.6) is 0 Å². The van der Waals surface area contributed by atoms with Gasteiger partial charge < -0.3 is 0 Å². The molecular formula is C14H11N5O2. The Morgan fingerprint density at radius 2 is 2.14 bits per heavy atom. The second-order valence-corrected chi connectivity index (χ2v) is 5.03. The predicted octanol–water partition coefficient (Wildman–Crippen LogP) is 1.30. The van der Waals surface area contributed by atoms with E-state index >= 15 is 0 Å². The standard InChI is InChI=1S/C14H11N5O2/c20-13-10-5-16-12-9(6-17-18-12)11(10)14(21)19(13)7-8-2-1-3-15-4-8/h3-6H,1-2,7H2,(H,16,17,18). The second kappa shape index (κ2) is 4.34. The monoisotopic (exact) mass is 281 g/mol. The number of nitrogens with one attached hydrogen (secondary N) is 1. The highest BCUT2D eigenvalue weighted by Gasteiger charge is 2.38. The molecule has 0 saturated carbocycles. The molecule has 0 aliphatic carbocycles. The van der Waals surface area contributed by atoms with Gasteiger partial charge in [-0.3, -0.25) is 24.6 Å². The van der Waals surface area contributed by atoms with Crippen molar-refractivity contribution in [3.05, 3.63) is 35.3 Å². The fourth-order valence-electron chi connectivity index (χ4n) is 2.68. The molecule has 2 aromatic rings. The van der Waals surface area contributed by atoms with E-state index in [4.69, 9.17) is 0 Å². The van der Waals surface area contributed by atoms with Crippen molar-refractivity contribution in [3.8, 4) is 0 Å². The highest BCUT2D eigenvalue weighted by atomic mass is 16.2. The van der Waals surface area contributed by atoms with E-state index in [2.05, 4.69) is 20.2 Å². The predicted molar refractivity (Wildman–Crippen MR) is 75.1 cm³/mol. The van der Waals surface area contributed by atoms with Crippen LogP contribution in [0.15, 0.2) is 29.2 Å². The molecular weight excluding hydrogens is 270 g/mol. The number of imide groups is 1. The van der Waals surface area contributed by atoms with Gasteiger partial charge in [0.15, 0.2) is 5.65 Å². The van der Waals surface area contributed by atoms with Crippen molar-refractivity contribution in [2.24, 2.45) is 4.99 Å². The van der Waals surface area contributed by atoms with E-state index in [1.165, 1.54) is 17.3 Å². The number of carbonyl (C=O) groups excluding carboxylic acids is 2. The van der Waals surface area contributed by atoms with E-state index in [1.54, 1.807) is 6.20 Å². The third kappa shape index (κ3) is 1.70. The zero-order valence-electron chi connectivity index (χ0n) is 11.0. The summed E-state index contributed by atoms with van der Waals surface area (Å²) in [6.07, 6.45) is 8.16. The SMILES string of the molecule is O=C1c2cnc3[nH]ncc3c2C(=O)N1CC1=CN=CCC1. The van der Waals surface area contributed by atoms with E-state index in [1.807, 2.05) is 6.21 Å². The molecule has 21 heavy (non-hydrogen) atoms. The summed E-state index contributed by atoms with van der Waals surface area (Å²) in [5, 5.41) is 7.17. The van der Waals surface area contributed by atoms with Crippen LogP contribution in [0.1, 0.15) is 33.6 Å². The zero-order valence-corrected chi connectivity index (χ0v) is 11.0. The molecule has 0 atom stereocenters. The smallest absolute Gasteiger partial charge is 0.263 e. The van der Waals surface area contributed by atoms with Crippen molar-refractivity contribution < 1.29 is 9.59 Å². The lowest BCUT2D eigenvalue weighted by atomic mass is 10.1. The van der Waals surface area contributed by atoms with Gasteiger partial charge in [0.25, 0.3) is 11.8 Å². The summed E-state index contributed by atoms with van der Waals surface area (Å²) in [5.41, 5.74) is 2.22. The summed E-state index contributed by atoms with van der Waals surface area (Å²) in [7, 11) is 0. The second-order valence-electron chi connectivity index (χ2n) is 5.03. The number of carbonyl (C=O) groups is 2. The fourth-order valence-corrected chi connectivity index (χ4v) is 2.68. The third-order valence-electron chi connectivity index (χ3n) is 3.73. The minimum absolute atomic E-state index is 0.281. The normalized spacial score (nSPS) is 17.5. The number of aliphatic imine (C=N–C) groups is 1. The van der Waals surface area contributed by atoms with E-state index in [-0.39, 0.29) is 18.4 Å². The third-order valence-corrected chi connectivity index (χ3v) is 3.73. The van der Waals surface area contributed by atoms with Gasteiger partial charge in [0.2, 0.25) is 0 Å². The van der Waals surface area contributed by atoms with Crippen molar-refractivity contribution in [2.45, 2.75) is 12.8 Å². The molecule has 1 N–H and O–H groups in total. The largest absolute Gasteiger partial charge is 0.270 e. The molecule has 0 bridgehead atoms. The Hall–Kier alpha value is -2.83. The number of hydrogen-bond donors (Lipinski definition) is 1. The molecule has 7 nitrogen and oxygen atoms in total. The molecule has 0 saturated heterocycles. The number of aromatic amines is 1. The van der Waals surface area contributed by atoms with Crippen LogP contribution >= 0.6 is 0 Å². The number of nitrogens with zero attached hydrogens (tertiary/aromatic N) is 4. The Morgan fingerprint density at radius 3 is 2.95 bits per heavy atom. The Balaban J connectivity index is 1.76. The van der Waals surface area contributed by atoms with Crippen molar-refractivity contribution in [3.63, 3.8) is 0 Å². The Bertz CT molecular complexity index is 833. The van der Waals surface area contributed by atoms with Gasteiger partial charge >= 0.3 is 0 Å². The minimum Gasteiger partial charge on any atom is -0.270 e. The van der Waals surface area contributed by atoms with Crippen LogP contribution in [-0.2, 0) is 0 Å². The quantitative estimate of drug-likeness (QED) is 0.840. The van der Waals surface area contributed by atoms with E-state index in [9.17, 15) is 9.59 Å². The van der Waals surface area contributed by atoms with Gasteiger partial charge in [0, 0.05) is 18.6 Å². The van der Waals surface area contributed by atoms with Gasteiger partial charge in [-0.1, -0.05) is 0 Å². The van der Waals surface area contributed by atoms with E-state index < -0.39 is 0 Å². The molecule has 7 heteroatoms. The molecule has 0 fully saturated rings. The molecule has 2 aliphatic heterocycles. The Kier molecular flexibility index (Phi) is 2.47. The maximum atomic E-state index is 12.6. The number of hydrogen-bond acceptors (Lipinski definition) is 5. The lowest BCUT2D eigenvalue weighted by Gasteiger charge is -2.16. The van der Waals surface area contributed by atoms with Crippen molar-refractivity contribution in [1.82, 2.24) is 20.1 Å². The Labute approximate surface area is 119 Å². The van der Waals surface area contributed by atoms with Crippen LogP contribution < -0.4 is 0 Å². The van der Waals surface area contributed by atoms with Gasteiger partial charge in [0.1, 0.15) is 0 Å². The zero-order chi connectivity index (χ0) is 14.4. The summed E-state index contributed by atoms with van der Waals surface area (Å²) in [5.74, 6) is -0.597. The molecule has 2 aliphatic rings. The van der Waals surface area contributed by atoms with Crippen LogP contribution in [0, 0.1) is 0 Å². The summed E-state index contributed by atoms with van der Waals surface area (Å²) in [6, 6.07) is 0. The van der Waals surface area contributed by atoms with E-state index in [0.29, 0.717) is 22.2 Å². The molecule has 0 spiro atoms. The molecule has 0 unspecified atom stereocenters. The molecule has 4 heterocycles. The molecule has 4 rings (SSSR count). The van der Waals surface area contributed by atoms with Crippen LogP contribution in [0.2, 0.25) is 0 Å². The maximum Gasteiger partial charge on any atom is 0.263 e. The van der Waals surface area contributed by atoms with Crippen molar-refractivity contribution >= 4 is 29.1 Å². The minimum atomic E-state index is -0.305. The highest BCUT2D eigenvalue weighted by Crippen LogP contribution is 2.29. The molecule has 0 radical (unpaired) electrons. The summed E-state index contributed by atoms with van der Waals surface area (Å²) < 4.78 is 0. The van der Waals surface area contributed by atoms with E-state index in [0.717, 1.165) is 18.4 Å². The number of H-pyrrole nitrogens is 1. The number of fused-ring (bicyclic) bond motifs is 3. The molecule has 104 valence electrons. The number of amides is 2. The van der Waals surface area contributed by atoms with Gasteiger partial charge in [-0.15, -0.1) is 0 Å². The van der Waals surface area contributed by atoms with Crippen LogP contribution in [0.3, 0.4) is 0 Å². The number of pyridine rings is 1. The van der Waals surface area contributed by atoms with Crippen molar-refractivity contribution in [2.75, 3.05) is 6.54 Å². The van der Waals surface area contributed by atoms with Crippen LogP contribution in [0.25, 0.3) is 11.0 Å². The lowest BCUT2D eigenvalue weighted by Crippen LogP contribution is -2.32. The first kappa shape index (κ1) is 12.0. The molecule has 2 aromatic heterocycles. The topological polar surface area (TPSA) is 91.3 Å². The summed E-state index contributed by atoms with van der Waals surface area (Å²) in [4.78, 5) is 34.4. The summed E-state index contributed by atoms with van der Waals surface area (Å²) >= 11 is 0. The fraction of sp³-hybridized carbons (Fsp3) is 0.214. The number of aromatic nitrogens is 3. The molecule has 2 amide bonds. The van der Waals surface area contributed by atoms with Crippen molar-refractivity contribution in [1.29, 1.82) is 0 Å². The Morgan fingerprint density at radius 1 is 1.24 bits per heavy atom. The highest BCUT2D eigenvalue weighted by molar-refractivity contribution is 6.25. The van der Waals surface area contributed by atoms with Crippen LogP contribution in [0.4, 0.5) is 0 Å². The maximum absolute atomic E-state index is 12.6.